The molecule has 236 valence electrons. The third kappa shape index (κ3) is 4.16. The molecule has 1 heterocycles. The van der Waals surface area contributed by atoms with E-state index >= 15 is 0 Å². The highest BCUT2D eigenvalue weighted by Crippen LogP contribution is 2.49. The van der Waals surface area contributed by atoms with E-state index in [1.807, 2.05) is 6.07 Å². The second-order valence-electron chi connectivity index (χ2n) is 13.6. The van der Waals surface area contributed by atoms with Gasteiger partial charge < -0.3 is 4.42 Å². The van der Waals surface area contributed by atoms with Gasteiger partial charge in [-0.25, -0.2) is 0 Å². The van der Waals surface area contributed by atoms with Gasteiger partial charge in [-0.05, 0) is 94.3 Å². The van der Waals surface area contributed by atoms with Gasteiger partial charge in [0.2, 0.25) is 0 Å². The minimum atomic E-state index is 0.907. The molecule has 1 aromatic heterocycles. The molecule has 0 atom stereocenters. The predicted octanol–water partition coefficient (Wildman–Crippen LogP) is 14.4. The van der Waals surface area contributed by atoms with Crippen LogP contribution < -0.4 is 0 Å². The zero-order chi connectivity index (χ0) is 33.5. The molecule has 1 nitrogen and oxygen atoms in total. The minimum Gasteiger partial charge on any atom is -0.455 e. The summed E-state index contributed by atoms with van der Waals surface area (Å²) in [5, 5.41) is 14.7. The van der Waals surface area contributed by atoms with Gasteiger partial charge in [0.1, 0.15) is 11.2 Å². The van der Waals surface area contributed by atoms with Crippen molar-refractivity contribution in [3.63, 3.8) is 0 Å². The van der Waals surface area contributed by atoms with Crippen molar-refractivity contribution in [2.45, 2.75) is 0 Å². The van der Waals surface area contributed by atoms with Crippen LogP contribution in [0.3, 0.4) is 0 Å². The van der Waals surface area contributed by atoms with Gasteiger partial charge in [0, 0.05) is 21.9 Å². The summed E-state index contributed by atoms with van der Waals surface area (Å²) in [4.78, 5) is 0. The maximum Gasteiger partial charge on any atom is 0.143 e. The van der Waals surface area contributed by atoms with Crippen LogP contribution in [-0.2, 0) is 0 Å². The summed E-state index contributed by atoms with van der Waals surface area (Å²) in [5.74, 6) is 0. The van der Waals surface area contributed by atoms with Gasteiger partial charge in [-0.2, -0.15) is 0 Å². The quantitative estimate of drug-likeness (QED) is 0.138. The Morgan fingerprint density at radius 3 is 1.65 bits per heavy atom. The number of para-hydroxylation sites is 2. The lowest BCUT2D eigenvalue weighted by molar-refractivity contribution is 0.670. The molecule has 0 spiro atoms. The van der Waals surface area contributed by atoms with Crippen LogP contribution in [0.5, 0.6) is 0 Å². The predicted molar refractivity (Wildman–Crippen MR) is 218 cm³/mol. The average Bonchev–Trinajstić information content (AvgIpc) is 3.59. The maximum absolute atomic E-state index is 6.73. The van der Waals surface area contributed by atoms with Crippen molar-refractivity contribution in [3.8, 4) is 33.4 Å². The van der Waals surface area contributed by atoms with Crippen molar-refractivity contribution >= 4 is 75.8 Å². The lowest BCUT2D eigenvalue weighted by Gasteiger charge is -2.20. The molecule has 0 saturated carbocycles. The number of furan rings is 1. The van der Waals surface area contributed by atoms with Gasteiger partial charge in [-0.1, -0.05) is 164 Å². The van der Waals surface area contributed by atoms with Crippen LogP contribution in [0.25, 0.3) is 109 Å². The first kappa shape index (κ1) is 28.2. The molecule has 11 aromatic rings. The lowest BCUT2D eigenvalue weighted by Crippen LogP contribution is -1.93. The highest BCUT2D eigenvalue weighted by Gasteiger charge is 2.22. The molecular formula is C50H30O. The summed E-state index contributed by atoms with van der Waals surface area (Å²) in [7, 11) is 0. The number of hydrogen-bond acceptors (Lipinski definition) is 1. The molecule has 0 aliphatic rings. The molecule has 0 fully saturated rings. The minimum absolute atomic E-state index is 0.907. The topological polar surface area (TPSA) is 13.1 Å². The van der Waals surface area contributed by atoms with Gasteiger partial charge in [0.15, 0.2) is 0 Å². The van der Waals surface area contributed by atoms with Crippen molar-refractivity contribution in [1.29, 1.82) is 0 Å². The Balaban J connectivity index is 1.33. The summed E-state index contributed by atoms with van der Waals surface area (Å²) < 4.78 is 6.73. The van der Waals surface area contributed by atoms with E-state index in [1.54, 1.807) is 0 Å². The van der Waals surface area contributed by atoms with Crippen LogP contribution in [0.4, 0.5) is 0 Å². The van der Waals surface area contributed by atoms with Gasteiger partial charge >= 0.3 is 0 Å². The average molecular weight is 647 g/mol. The Bertz CT molecular complexity index is 3190. The Morgan fingerprint density at radius 2 is 0.824 bits per heavy atom. The van der Waals surface area contributed by atoms with E-state index in [-0.39, 0.29) is 0 Å². The van der Waals surface area contributed by atoms with E-state index in [1.165, 1.54) is 81.7 Å². The third-order valence-corrected chi connectivity index (χ3v) is 10.8. The second-order valence-corrected chi connectivity index (χ2v) is 13.6. The van der Waals surface area contributed by atoms with E-state index in [2.05, 4.69) is 176 Å². The smallest absolute Gasteiger partial charge is 0.143 e. The van der Waals surface area contributed by atoms with Crippen LogP contribution in [0, 0.1) is 0 Å². The monoisotopic (exact) mass is 646 g/mol. The van der Waals surface area contributed by atoms with Crippen LogP contribution in [0.1, 0.15) is 0 Å². The standard InChI is InChI=1S/C50H30O/c1-3-16-34-31(13-1)15-11-23-35(34)33-27-28-42-46(30-33)49(44-25-12-24-43-39-20-9-10-26-47(39)51-50(43)44)41-22-8-7-21-40(41)48(42)45-29-32-14-2-4-17-36(32)37-18-5-6-19-38(37)45/h1-30H. The Morgan fingerprint density at radius 1 is 0.275 bits per heavy atom. The molecule has 1 heteroatoms. The van der Waals surface area contributed by atoms with Crippen molar-refractivity contribution in [3.05, 3.63) is 182 Å². The van der Waals surface area contributed by atoms with E-state index in [0.29, 0.717) is 0 Å². The molecule has 0 N–H and O–H groups in total. The molecular weight excluding hydrogens is 617 g/mol. The number of fused-ring (bicyclic) bond motifs is 9. The van der Waals surface area contributed by atoms with Crippen LogP contribution in [0.15, 0.2) is 186 Å². The molecule has 0 aliphatic carbocycles. The first-order valence-corrected chi connectivity index (χ1v) is 17.6. The molecule has 11 rings (SSSR count). The first-order chi connectivity index (χ1) is 25.3. The van der Waals surface area contributed by atoms with Crippen LogP contribution >= 0.6 is 0 Å². The summed E-state index contributed by atoms with van der Waals surface area (Å²) in [5.41, 5.74) is 9.06. The number of benzene rings is 10. The van der Waals surface area contributed by atoms with E-state index < -0.39 is 0 Å². The zero-order valence-electron chi connectivity index (χ0n) is 27.7. The third-order valence-electron chi connectivity index (χ3n) is 10.8. The molecule has 10 aromatic carbocycles. The molecule has 0 radical (unpaired) electrons. The fourth-order valence-electron chi connectivity index (χ4n) is 8.61. The normalized spacial score (nSPS) is 11.9. The van der Waals surface area contributed by atoms with E-state index in [9.17, 15) is 0 Å². The molecule has 0 saturated heterocycles. The SMILES string of the molecule is c1ccc2c(-c3ccc4c(-c5cc6ccccc6c6ccccc56)c5ccccc5c(-c5cccc6c5oc5ccccc56)c4c3)cccc2c1. The molecule has 0 unspecified atom stereocenters. The maximum atomic E-state index is 6.73. The molecule has 0 aliphatic heterocycles. The molecule has 0 bridgehead atoms. The van der Waals surface area contributed by atoms with Crippen molar-refractivity contribution in [2.24, 2.45) is 0 Å². The second kappa shape index (κ2) is 10.9. The van der Waals surface area contributed by atoms with Crippen molar-refractivity contribution < 1.29 is 4.42 Å². The Hall–Kier alpha value is -6.70. The number of hydrogen-bond donors (Lipinski definition) is 0. The summed E-state index contributed by atoms with van der Waals surface area (Å²) in [6.07, 6.45) is 0. The largest absolute Gasteiger partial charge is 0.455 e. The number of rotatable bonds is 3. The molecule has 0 amide bonds. The van der Waals surface area contributed by atoms with Crippen molar-refractivity contribution in [2.75, 3.05) is 0 Å². The zero-order valence-corrected chi connectivity index (χ0v) is 27.7. The Kier molecular flexibility index (Phi) is 6.02. The summed E-state index contributed by atoms with van der Waals surface area (Å²) in [6, 6.07) is 66.4. The summed E-state index contributed by atoms with van der Waals surface area (Å²) >= 11 is 0. The fraction of sp³-hybridized carbons (Fsp3) is 0. The molecule has 51 heavy (non-hydrogen) atoms. The lowest BCUT2D eigenvalue weighted by atomic mass is 9.82. The van der Waals surface area contributed by atoms with Gasteiger partial charge in [0.05, 0.1) is 0 Å². The van der Waals surface area contributed by atoms with Crippen LogP contribution in [0.2, 0.25) is 0 Å². The van der Waals surface area contributed by atoms with Crippen LogP contribution in [-0.4, -0.2) is 0 Å². The highest BCUT2D eigenvalue weighted by atomic mass is 16.3. The van der Waals surface area contributed by atoms with E-state index in [0.717, 1.165) is 27.5 Å². The fourth-order valence-corrected chi connectivity index (χ4v) is 8.61. The van der Waals surface area contributed by atoms with Gasteiger partial charge in [-0.15, -0.1) is 0 Å². The summed E-state index contributed by atoms with van der Waals surface area (Å²) in [6.45, 7) is 0. The highest BCUT2D eigenvalue weighted by molar-refractivity contribution is 6.28. The Labute approximate surface area is 294 Å². The first-order valence-electron chi connectivity index (χ1n) is 17.6. The van der Waals surface area contributed by atoms with Crippen molar-refractivity contribution in [1.82, 2.24) is 0 Å². The van der Waals surface area contributed by atoms with Gasteiger partial charge in [-0.3, -0.25) is 0 Å². The van der Waals surface area contributed by atoms with E-state index in [4.69, 9.17) is 4.42 Å². The van der Waals surface area contributed by atoms with Gasteiger partial charge in [0.25, 0.3) is 0 Å².